The molecule has 1 heterocycles. The molecule has 172 valence electrons. The summed E-state index contributed by atoms with van der Waals surface area (Å²) in [5, 5.41) is 14.5. The Kier molecular flexibility index (Phi) is 7.04. The molecule has 4 N–H and O–H groups in total. The Hall–Kier alpha value is -3.84. The molecule has 1 fully saturated rings. The molecule has 1 aromatic carbocycles. The second-order valence-electron chi connectivity index (χ2n) is 7.48. The zero-order valence-electron chi connectivity index (χ0n) is 17.8. The van der Waals surface area contributed by atoms with Crippen LogP contribution in [0.2, 0.25) is 5.02 Å². The first-order valence-electron chi connectivity index (χ1n) is 10.2. The number of nitriles is 1. The van der Waals surface area contributed by atoms with Crippen LogP contribution in [0.15, 0.2) is 41.3 Å². The first kappa shape index (κ1) is 23.8. The van der Waals surface area contributed by atoms with Gasteiger partial charge in [0, 0.05) is 11.8 Å². The van der Waals surface area contributed by atoms with E-state index in [4.69, 9.17) is 22.1 Å². The third-order valence-corrected chi connectivity index (χ3v) is 5.53. The van der Waals surface area contributed by atoms with Crippen LogP contribution in [-0.2, 0) is 19.9 Å². The molecular weight excluding hydrogens is 450 g/mol. The van der Waals surface area contributed by atoms with Crippen LogP contribution < -0.4 is 21.9 Å². The zero-order valence-corrected chi connectivity index (χ0v) is 18.5. The Balaban J connectivity index is 1.79. The molecule has 3 rings (SSSR count). The van der Waals surface area contributed by atoms with Gasteiger partial charge >= 0.3 is 5.97 Å². The van der Waals surface area contributed by atoms with E-state index in [9.17, 15) is 24.4 Å². The monoisotopic (exact) mass is 471 g/mol. The zero-order chi connectivity index (χ0) is 24.2. The molecule has 0 bridgehead atoms. The van der Waals surface area contributed by atoms with E-state index in [1.54, 1.807) is 6.92 Å². The van der Waals surface area contributed by atoms with Crippen molar-refractivity contribution in [2.75, 3.05) is 17.7 Å². The minimum Gasteiger partial charge on any atom is -0.466 e. The fourth-order valence-corrected chi connectivity index (χ4v) is 3.47. The fourth-order valence-electron chi connectivity index (χ4n) is 3.29. The highest BCUT2D eigenvalue weighted by molar-refractivity contribution is 6.33. The number of amides is 2. The van der Waals surface area contributed by atoms with Crippen LogP contribution in [0, 0.1) is 11.3 Å². The molecule has 1 aromatic heterocycles. The largest absolute Gasteiger partial charge is 0.466 e. The number of benzene rings is 1. The Morgan fingerprint density at radius 3 is 2.67 bits per heavy atom. The predicted molar refractivity (Wildman–Crippen MR) is 121 cm³/mol. The molecule has 2 amide bonds. The Morgan fingerprint density at radius 1 is 1.33 bits per heavy atom. The molecule has 0 saturated heterocycles. The number of rotatable bonds is 8. The number of hydrogen-bond acceptors (Lipinski definition) is 7. The van der Waals surface area contributed by atoms with Crippen molar-refractivity contribution < 1.29 is 19.1 Å². The summed E-state index contributed by atoms with van der Waals surface area (Å²) in [6.07, 6.45) is 1.86. The summed E-state index contributed by atoms with van der Waals surface area (Å²) in [7, 11) is 0. The number of nitrogen functional groups attached to an aromatic ring is 1. The van der Waals surface area contributed by atoms with Crippen molar-refractivity contribution >= 4 is 40.8 Å². The summed E-state index contributed by atoms with van der Waals surface area (Å²) in [4.78, 5) is 50.2. The standard InChI is InChI=1S/C22H22ClN5O5/c1-2-33-18(29)11-14(12-24)26-21(32)22(7-8-22)28-9-3-4-17(20(28)31)27-19(30)13-5-6-16(25)15(23)10-13/h3-6,9-10,14H,2,7-8,11,25H2,1H3,(H,26,32)(H,27,30)/t14-/m0/s1. The Labute approximate surface area is 194 Å². The van der Waals surface area contributed by atoms with Crippen LogP contribution in [-0.4, -0.2) is 35.0 Å². The maximum absolute atomic E-state index is 13.0. The number of halogens is 1. The lowest BCUT2D eigenvalue weighted by atomic mass is 10.1. The van der Waals surface area contributed by atoms with Crippen molar-refractivity contribution in [3.63, 3.8) is 0 Å². The molecule has 11 heteroatoms. The smallest absolute Gasteiger partial charge is 0.308 e. The lowest BCUT2D eigenvalue weighted by Gasteiger charge is -2.21. The predicted octanol–water partition coefficient (Wildman–Crippen LogP) is 1.79. The maximum atomic E-state index is 13.0. The normalized spacial score (nSPS) is 14.5. The van der Waals surface area contributed by atoms with Gasteiger partial charge in [0.15, 0.2) is 0 Å². The molecule has 10 nitrogen and oxygen atoms in total. The van der Waals surface area contributed by atoms with E-state index < -0.39 is 34.9 Å². The Bertz CT molecular complexity index is 1200. The van der Waals surface area contributed by atoms with Gasteiger partial charge in [0.25, 0.3) is 11.5 Å². The van der Waals surface area contributed by atoms with Crippen molar-refractivity contribution in [2.24, 2.45) is 0 Å². The van der Waals surface area contributed by atoms with E-state index in [1.807, 2.05) is 6.07 Å². The van der Waals surface area contributed by atoms with Gasteiger partial charge in [-0.25, -0.2) is 0 Å². The lowest BCUT2D eigenvalue weighted by molar-refractivity contribution is -0.143. The van der Waals surface area contributed by atoms with Gasteiger partial charge in [0.2, 0.25) is 5.91 Å². The van der Waals surface area contributed by atoms with Crippen molar-refractivity contribution in [3.8, 4) is 6.07 Å². The summed E-state index contributed by atoms with van der Waals surface area (Å²) >= 11 is 5.96. The number of esters is 1. The van der Waals surface area contributed by atoms with Gasteiger partial charge < -0.3 is 21.1 Å². The van der Waals surface area contributed by atoms with Crippen LogP contribution in [0.25, 0.3) is 0 Å². The number of pyridine rings is 1. The number of hydrogen-bond donors (Lipinski definition) is 3. The van der Waals surface area contributed by atoms with Gasteiger partial charge in [-0.1, -0.05) is 11.6 Å². The summed E-state index contributed by atoms with van der Waals surface area (Å²) in [6.45, 7) is 1.79. The third-order valence-electron chi connectivity index (χ3n) is 5.20. The highest BCUT2D eigenvalue weighted by Gasteiger charge is 2.53. The molecule has 0 radical (unpaired) electrons. The van der Waals surface area contributed by atoms with E-state index in [-0.39, 0.29) is 29.3 Å². The summed E-state index contributed by atoms with van der Waals surface area (Å²) in [6, 6.07) is 8.04. The first-order chi connectivity index (χ1) is 15.7. The van der Waals surface area contributed by atoms with E-state index in [0.717, 1.165) is 0 Å². The minimum absolute atomic E-state index is 0.0297. The van der Waals surface area contributed by atoms with Gasteiger partial charge in [-0.3, -0.25) is 23.7 Å². The fraction of sp³-hybridized carbons (Fsp3) is 0.318. The SMILES string of the molecule is CCOC(=O)C[C@@H](C#N)NC(=O)C1(n2cccc(NC(=O)c3ccc(N)c(Cl)c3)c2=O)CC1. The number of nitrogens with two attached hydrogens (primary N) is 1. The first-order valence-corrected chi connectivity index (χ1v) is 10.5. The summed E-state index contributed by atoms with van der Waals surface area (Å²) in [5.74, 6) is -1.74. The summed E-state index contributed by atoms with van der Waals surface area (Å²) in [5.41, 5.74) is 4.36. The van der Waals surface area contributed by atoms with Gasteiger partial charge in [0.1, 0.15) is 17.3 Å². The number of nitrogens with one attached hydrogen (secondary N) is 2. The summed E-state index contributed by atoms with van der Waals surface area (Å²) < 4.78 is 6.04. The van der Waals surface area contributed by atoms with Crippen LogP contribution in [0.4, 0.5) is 11.4 Å². The number of anilines is 2. The van der Waals surface area contributed by atoms with Crippen LogP contribution in [0.1, 0.15) is 36.5 Å². The number of carbonyl (C=O) groups excluding carboxylic acids is 3. The van der Waals surface area contributed by atoms with E-state index in [2.05, 4.69) is 10.6 Å². The highest BCUT2D eigenvalue weighted by atomic mass is 35.5. The van der Waals surface area contributed by atoms with Crippen molar-refractivity contribution in [1.29, 1.82) is 5.26 Å². The molecule has 0 aliphatic heterocycles. The molecular formula is C22H22ClN5O5. The van der Waals surface area contributed by atoms with Gasteiger partial charge in [-0.05, 0) is 50.1 Å². The second kappa shape index (κ2) is 9.75. The van der Waals surface area contributed by atoms with Crippen LogP contribution in [0.5, 0.6) is 0 Å². The molecule has 1 aliphatic carbocycles. The van der Waals surface area contributed by atoms with E-state index in [1.165, 1.54) is 41.1 Å². The van der Waals surface area contributed by atoms with Crippen molar-refractivity contribution in [1.82, 2.24) is 9.88 Å². The Morgan fingerprint density at radius 2 is 2.06 bits per heavy atom. The minimum atomic E-state index is -1.20. The average Bonchev–Trinajstić information content (AvgIpc) is 3.58. The highest BCUT2D eigenvalue weighted by Crippen LogP contribution is 2.43. The molecule has 33 heavy (non-hydrogen) atoms. The lowest BCUT2D eigenvalue weighted by Crippen LogP contribution is -2.47. The molecule has 1 atom stereocenters. The van der Waals surface area contributed by atoms with Crippen molar-refractivity contribution in [3.05, 3.63) is 57.5 Å². The van der Waals surface area contributed by atoms with Gasteiger partial charge in [-0.2, -0.15) is 5.26 Å². The van der Waals surface area contributed by atoms with E-state index >= 15 is 0 Å². The van der Waals surface area contributed by atoms with Crippen LogP contribution >= 0.6 is 11.6 Å². The van der Waals surface area contributed by atoms with E-state index in [0.29, 0.717) is 18.5 Å². The average molecular weight is 472 g/mol. The molecule has 1 aliphatic rings. The number of nitrogens with zero attached hydrogens (tertiary/aromatic N) is 2. The molecule has 2 aromatic rings. The molecule has 0 unspecified atom stereocenters. The van der Waals surface area contributed by atoms with Crippen LogP contribution in [0.3, 0.4) is 0 Å². The van der Waals surface area contributed by atoms with Crippen molar-refractivity contribution in [2.45, 2.75) is 37.8 Å². The topological polar surface area (TPSA) is 156 Å². The number of carbonyl (C=O) groups is 3. The van der Waals surface area contributed by atoms with Gasteiger partial charge in [-0.15, -0.1) is 0 Å². The molecule has 0 spiro atoms. The number of ether oxygens (including phenoxy) is 1. The second-order valence-corrected chi connectivity index (χ2v) is 7.89. The number of aromatic nitrogens is 1. The van der Waals surface area contributed by atoms with Gasteiger partial charge in [0.05, 0.1) is 29.8 Å². The quantitative estimate of drug-likeness (QED) is 0.391. The third kappa shape index (κ3) is 5.15. The molecule has 1 saturated carbocycles. The maximum Gasteiger partial charge on any atom is 0.308 e.